The lowest BCUT2D eigenvalue weighted by Crippen LogP contribution is -2.08. The Kier molecular flexibility index (Phi) is 5.67. The van der Waals surface area contributed by atoms with Crippen LogP contribution in [-0.4, -0.2) is 34.7 Å². The lowest BCUT2D eigenvalue weighted by Gasteiger charge is -1.98. The van der Waals surface area contributed by atoms with Crippen LogP contribution in [0.15, 0.2) is 11.8 Å². The van der Waals surface area contributed by atoms with Gasteiger partial charge in [-0.05, 0) is 0 Å². The van der Waals surface area contributed by atoms with Crippen LogP contribution in [0.3, 0.4) is 0 Å². The summed E-state index contributed by atoms with van der Waals surface area (Å²) in [7, 11) is -1.89. The van der Waals surface area contributed by atoms with Crippen molar-refractivity contribution in [3.63, 3.8) is 0 Å². The lowest BCUT2D eigenvalue weighted by molar-refractivity contribution is -0.146. The number of aliphatic hydroxyl groups excluding tert-OH is 1. The molecule has 0 radical (unpaired) electrons. The molecule has 0 fully saturated rings. The molecule has 6 nitrogen and oxygen atoms in total. The van der Waals surface area contributed by atoms with Crippen molar-refractivity contribution in [1.82, 2.24) is 0 Å². The zero-order valence-electron chi connectivity index (χ0n) is 7.47. The standard InChI is InChI=1S/C7H9O6P/c1-5(9)13-6(7(10)11)2-3-14(12)4-8/h2,8H,3-4H2,1H3/p+1. The molecule has 2 N–H and O–H groups in total. The van der Waals surface area contributed by atoms with E-state index in [9.17, 15) is 14.2 Å². The van der Waals surface area contributed by atoms with E-state index in [2.05, 4.69) is 4.74 Å². The maximum Gasteiger partial charge on any atom is 0.371 e. The molecule has 0 aromatic heterocycles. The predicted octanol–water partition coefficient (Wildman–Crippen LogP) is 0.295. The average Bonchev–Trinajstić information content (AvgIpc) is 2.10. The van der Waals surface area contributed by atoms with Crippen molar-refractivity contribution in [1.29, 1.82) is 0 Å². The highest BCUT2D eigenvalue weighted by molar-refractivity contribution is 7.44. The molecular weight excluding hydrogens is 211 g/mol. The lowest BCUT2D eigenvalue weighted by atomic mass is 10.5. The number of carboxylic acids is 1. The Morgan fingerprint density at radius 1 is 1.50 bits per heavy atom. The fraction of sp³-hybridized carbons (Fsp3) is 0.429. The largest absolute Gasteiger partial charge is 0.475 e. The molecule has 0 aromatic rings. The summed E-state index contributed by atoms with van der Waals surface area (Å²) >= 11 is 0. The molecule has 0 bridgehead atoms. The molecule has 0 heterocycles. The number of hydrogen-bond donors (Lipinski definition) is 2. The summed E-state index contributed by atoms with van der Waals surface area (Å²) < 4.78 is 15.1. The van der Waals surface area contributed by atoms with Crippen LogP contribution in [0.1, 0.15) is 6.92 Å². The summed E-state index contributed by atoms with van der Waals surface area (Å²) in [5, 5.41) is 16.9. The van der Waals surface area contributed by atoms with Crippen molar-refractivity contribution in [3.8, 4) is 0 Å². The van der Waals surface area contributed by atoms with Gasteiger partial charge in [0.2, 0.25) is 12.1 Å². The number of rotatable bonds is 5. The van der Waals surface area contributed by atoms with E-state index in [4.69, 9.17) is 10.2 Å². The fourth-order valence-electron chi connectivity index (χ4n) is 0.570. The molecule has 0 aromatic carbocycles. The van der Waals surface area contributed by atoms with Gasteiger partial charge in [0.25, 0.3) is 0 Å². The van der Waals surface area contributed by atoms with Gasteiger partial charge in [-0.15, -0.1) is 0 Å². The fourth-order valence-corrected chi connectivity index (χ4v) is 1.05. The molecule has 0 spiro atoms. The van der Waals surface area contributed by atoms with Crippen LogP contribution >= 0.6 is 7.80 Å². The summed E-state index contributed by atoms with van der Waals surface area (Å²) in [6, 6.07) is 0. The SMILES string of the molecule is CC(=O)OC(=CC[P+](=O)CO)C(=O)O. The van der Waals surface area contributed by atoms with Crippen molar-refractivity contribution in [2.75, 3.05) is 12.5 Å². The van der Waals surface area contributed by atoms with Crippen LogP contribution in [0, 0.1) is 0 Å². The molecule has 0 aliphatic heterocycles. The van der Waals surface area contributed by atoms with Gasteiger partial charge < -0.3 is 14.9 Å². The highest BCUT2D eigenvalue weighted by Crippen LogP contribution is 2.18. The third kappa shape index (κ3) is 5.40. The van der Waals surface area contributed by atoms with Crippen molar-refractivity contribution >= 4 is 19.7 Å². The molecule has 1 unspecified atom stereocenters. The molecule has 0 aliphatic rings. The first-order valence-corrected chi connectivity index (χ1v) is 5.25. The monoisotopic (exact) mass is 221 g/mol. The zero-order chi connectivity index (χ0) is 11.1. The topological polar surface area (TPSA) is 101 Å². The van der Waals surface area contributed by atoms with Gasteiger partial charge in [-0.3, -0.25) is 4.79 Å². The van der Waals surface area contributed by atoms with Crippen LogP contribution in [0.2, 0.25) is 0 Å². The van der Waals surface area contributed by atoms with Gasteiger partial charge in [-0.25, -0.2) is 4.79 Å². The summed E-state index contributed by atoms with van der Waals surface area (Å²) in [5.41, 5.74) is 0. The summed E-state index contributed by atoms with van der Waals surface area (Å²) in [6.07, 6.45) is 0.332. The molecule has 0 saturated heterocycles. The van der Waals surface area contributed by atoms with E-state index in [-0.39, 0.29) is 6.16 Å². The Labute approximate surface area is 81.0 Å². The smallest absolute Gasteiger partial charge is 0.371 e. The predicted molar refractivity (Wildman–Crippen MR) is 47.0 cm³/mol. The number of carbonyl (C=O) groups excluding carboxylic acids is 1. The second kappa shape index (κ2) is 6.23. The number of hydrogen-bond acceptors (Lipinski definition) is 5. The van der Waals surface area contributed by atoms with E-state index < -0.39 is 31.8 Å². The van der Waals surface area contributed by atoms with Gasteiger partial charge in [-0.1, -0.05) is 4.57 Å². The Morgan fingerprint density at radius 2 is 2.07 bits per heavy atom. The Balaban J connectivity index is 4.41. The number of esters is 1. The number of aliphatic carboxylic acids is 1. The van der Waals surface area contributed by atoms with Crippen molar-refractivity contribution in [2.24, 2.45) is 0 Å². The van der Waals surface area contributed by atoms with Crippen molar-refractivity contribution in [2.45, 2.75) is 6.92 Å². The number of carbonyl (C=O) groups is 2. The van der Waals surface area contributed by atoms with Gasteiger partial charge in [-0.2, -0.15) is 0 Å². The van der Waals surface area contributed by atoms with E-state index in [1.807, 2.05) is 0 Å². The molecule has 0 rings (SSSR count). The Morgan fingerprint density at radius 3 is 2.43 bits per heavy atom. The second-order valence-electron chi connectivity index (χ2n) is 2.27. The van der Waals surface area contributed by atoms with E-state index in [0.29, 0.717) is 0 Å². The Bertz CT molecular complexity index is 282. The molecular formula is C7H10O6P+. The number of aliphatic hydroxyl groups is 1. The van der Waals surface area contributed by atoms with E-state index in [1.54, 1.807) is 0 Å². The quantitative estimate of drug-likeness (QED) is 0.299. The summed E-state index contributed by atoms with van der Waals surface area (Å²) in [6.45, 7) is 1.06. The minimum atomic E-state index is -1.89. The molecule has 1 atom stereocenters. The van der Waals surface area contributed by atoms with Gasteiger partial charge in [0, 0.05) is 13.0 Å². The number of allylic oxidation sites excluding steroid dienone is 1. The second-order valence-corrected chi connectivity index (χ2v) is 3.88. The van der Waals surface area contributed by atoms with E-state index >= 15 is 0 Å². The highest BCUT2D eigenvalue weighted by atomic mass is 31.1. The zero-order valence-corrected chi connectivity index (χ0v) is 8.36. The molecule has 7 heteroatoms. The third-order valence-electron chi connectivity index (χ3n) is 1.10. The van der Waals surface area contributed by atoms with E-state index in [0.717, 1.165) is 13.0 Å². The van der Waals surface area contributed by atoms with Gasteiger partial charge in [0.05, 0.1) is 0 Å². The number of carboxylic acid groups (broad SMARTS) is 1. The first kappa shape index (κ1) is 12.7. The maximum absolute atomic E-state index is 10.7. The van der Waals surface area contributed by atoms with Crippen LogP contribution in [0.4, 0.5) is 0 Å². The van der Waals surface area contributed by atoms with Crippen LogP contribution in [0.5, 0.6) is 0 Å². The third-order valence-corrected chi connectivity index (χ3v) is 2.01. The molecule has 0 aliphatic carbocycles. The van der Waals surface area contributed by atoms with Crippen molar-refractivity contribution in [3.05, 3.63) is 11.8 Å². The minimum absolute atomic E-state index is 0.138. The summed E-state index contributed by atoms with van der Waals surface area (Å²) in [5.74, 6) is -2.76. The average molecular weight is 221 g/mol. The van der Waals surface area contributed by atoms with Crippen molar-refractivity contribution < 1.29 is 29.1 Å². The molecule has 14 heavy (non-hydrogen) atoms. The molecule has 0 saturated carbocycles. The van der Waals surface area contributed by atoms with Crippen LogP contribution < -0.4 is 0 Å². The number of ether oxygens (including phenoxy) is 1. The van der Waals surface area contributed by atoms with Crippen LogP contribution in [0.25, 0.3) is 0 Å². The molecule has 0 amide bonds. The maximum atomic E-state index is 10.7. The van der Waals surface area contributed by atoms with Crippen LogP contribution in [-0.2, 0) is 18.9 Å². The summed E-state index contributed by atoms with van der Waals surface area (Å²) in [4.78, 5) is 20.9. The first-order valence-electron chi connectivity index (χ1n) is 3.62. The first-order chi connectivity index (χ1) is 6.47. The van der Waals surface area contributed by atoms with E-state index in [1.165, 1.54) is 0 Å². The normalized spacial score (nSPS) is 12.1. The highest BCUT2D eigenvalue weighted by Gasteiger charge is 2.16. The van der Waals surface area contributed by atoms with Gasteiger partial charge >= 0.3 is 19.7 Å². The Hall–Kier alpha value is -1.26. The minimum Gasteiger partial charge on any atom is -0.475 e. The molecule has 78 valence electrons. The van der Waals surface area contributed by atoms with Gasteiger partial charge in [0.1, 0.15) is 0 Å². The van der Waals surface area contributed by atoms with Gasteiger partial charge in [0.15, 0.2) is 6.16 Å².